The number of imide groups is 1. The van der Waals surface area contributed by atoms with Gasteiger partial charge in [0.25, 0.3) is 11.8 Å². The fourth-order valence-corrected chi connectivity index (χ4v) is 3.46. The summed E-state index contributed by atoms with van der Waals surface area (Å²) in [4.78, 5) is 49.2. The van der Waals surface area contributed by atoms with Gasteiger partial charge in [-0.2, -0.15) is 5.26 Å². The van der Waals surface area contributed by atoms with Crippen LogP contribution >= 0.6 is 0 Å². The Kier molecular flexibility index (Phi) is 6.41. The topological polar surface area (TPSA) is 129 Å². The molecule has 1 aliphatic carbocycles. The average Bonchev–Trinajstić information content (AvgIpc) is 3.18. The molecule has 0 aromatic heterocycles. The molecular weight excluding hydrogens is 352 g/mol. The molecule has 0 aromatic carbocycles. The van der Waals surface area contributed by atoms with Crippen molar-refractivity contribution in [2.75, 3.05) is 13.2 Å². The summed E-state index contributed by atoms with van der Waals surface area (Å²) >= 11 is 0. The predicted octanol–water partition coefficient (Wildman–Crippen LogP) is 0.983. The lowest BCUT2D eigenvalue weighted by Crippen LogP contribution is -2.47. The summed E-state index contributed by atoms with van der Waals surface area (Å²) in [6.45, 7) is 2.50. The first-order valence-electron chi connectivity index (χ1n) is 9.27. The highest BCUT2D eigenvalue weighted by atomic mass is 16.5. The van der Waals surface area contributed by atoms with Crippen molar-refractivity contribution < 1.29 is 23.9 Å². The van der Waals surface area contributed by atoms with Crippen LogP contribution in [-0.2, 0) is 19.1 Å². The van der Waals surface area contributed by atoms with E-state index >= 15 is 0 Å². The maximum atomic E-state index is 12.4. The molecule has 0 aromatic rings. The van der Waals surface area contributed by atoms with Gasteiger partial charge in [-0.1, -0.05) is 19.8 Å². The number of ether oxygens (including phenoxy) is 1. The number of hydrogen-bond acceptors (Lipinski definition) is 6. The van der Waals surface area contributed by atoms with Crippen molar-refractivity contribution in [3.8, 4) is 6.07 Å². The first-order chi connectivity index (χ1) is 12.7. The molecule has 2 N–H and O–H groups in total. The summed E-state index contributed by atoms with van der Waals surface area (Å²) in [6.07, 6.45) is 4.98. The van der Waals surface area contributed by atoms with Crippen molar-refractivity contribution in [2.24, 2.45) is 0 Å². The SMILES string of the molecule is CCCC[C@]1(C)NC(=O)N(CC(=O)OCC(=O)NC2(C#N)CCCC2)C1=O. The predicted molar refractivity (Wildman–Crippen MR) is 94.1 cm³/mol. The molecule has 2 aliphatic rings. The zero-order chi connectivity index (χ0) is 20.1. The molecule has 9 nitrogen and oxygen atoms in total. The highest BCUT2D eigenvalue weighted by Crippen LogP contribution is 2.28. The van der Waals surface area contributed by atoms with Gasteiger partial charge in [0.2, 0.25) is 0 Å². The van der Waals surface area contributed by atoms with Gasteiger partial charge in [-0.3, -0.25) is 19.3 Å². The van der Waals surface area contributed by atoms with Gasteiger partial charge in [0.15, 0.2) is 6.61 Å². The lowest BCUT2D eigenvalue weighted by atomic mass is 9.95. The van der Waals surface area contributed by atoms with Crippen molar-refractivity contribution in [1.29, 1.82) is 5.26 Å². The summed E-state index contributed by atoms with van der Waals surface area (Å²) in [5.41, 5.74) is -1.91. The highest BCUT2D eigenvalue weighted by Gasteiger charge is 2.47. The number of nitrogens with zero attached hydrogens (tertiary/aromatic N) is 2. The molecule has 0 bridgehead atoms. The van der Waals surface area contributed by atoms with E-state index < -0.39 is 48.0 Å². The summed E-state index contributed by atoms with van der Waals surface area (Å²) in [5, 5.41) is 14.5. The molecule has 0 spiro atoms. The Morgan fingerprint density at radius 1 is 1.33 bits per heavy atom. The van der Waals surface area contributed by atoms with E-state index in [0.717, 1.165) is 30.6 Å². The lowest BCUT2D eigenvalue weighted by Gasteiger charge is -2.22. The molecule has 4 amide bonds. The van der Waals surface area contributed by atoms with Crippen LogP contribution in [0, 0.1) is 11.3 Å². The molecule has 148 valence electrons. The van der Waals surface area contributed by atoms with Gasteiger partial charge in [-0.05, 0) is 39.0 Å². The van der Waals surface area contributed by atoms with E-state index in [2.05, 4.69) is 16.7 Å². The number of rotatable bonds is 8. The minimum atomic E-state index is -1.02. The van der Waals surface area contributed by atoms with Crippen LogP contribution in [0.4, 0.5) is 4.79 Å². The number of nitrogens with one attached hydrogen (secondary N) is 2. The van der Waals surface area contributed by atoms with Gasteiger partial charge in [-0.15, -0.1) is 0 Å². The summed E-state index contributed by atoms with van der Waals surface area (Å²) < 4.78 is 4.88. The Hall–Kier alpha value is -2.63. The van der Waals surface area contributed by atoms with E-state index in [1.807, 2.05) is 6.92 Å². The first kappa shape index (κ1) is 20.7. The van der Waals surface area contributed by atoms with E-state index in [4.69, 9.17) is 4.74 Å². The van der Waals surface area contributed by atoms with Crippen molar-refractivity contribution in [3.05, 3.63) is 0 Å². The summed E-state index contributed by atoms with van der Waals surface area (Å²) in [7, 11) is 0. The largest absolute Gasteiger partial charge is 0.454 e. The third-order valence-corrected chi connectivity index (χ3v) is 5.08. The number of nitriles is 1. The second kappa shape index (κ2) is 8.37. The standard InChI is InChI=1S/C18H26N4O5/c1-3-4-7-17(2)15(25)22(16(26)21-17)10-14(24)27-11-13(23)20-18(12-19)8-5-6-9-18/h3-11H2,1-2H3,(H,20,23)(H,21,26)/t17-/m0/s1. The lowest BCUT2D eigenvalue weighted by molar-refractivity contribution is -0.151. The fraction of sp³-hybridized carbons (Fsp3) is 0.722. The summed E-state index contributed by atoms with van der Waals surface area (Å²) in [6, 6.07) is 1.47. The molecule has 0 radical (unpaired) electrons. The average molecular weight is 378 g/mol. The molecule has 1 heterocycles. The highest BCUT2D eigenvalue weighted by molar-refractivity contribution is 6.08. The van der Waals surface area contributed by atoms with E-state index in [-0.39, 0.29) is 0 Å². The smallest absolute Gasteiger partial charge is 0.326 e. The zero-order valence-electron chi connectivity index (χ0n) is 15.8. The molecule has 1 aliphatic heterocycles. The molecular formula is C18H26N4O5. The number of carbonyl (C=O) groups is 4. The molecule has 1 saturated carbocycles. The minimum Gasteiger partial charge on any atom is -0.454 e. The fourth-order valence-electron chi connectivity index (χ4n) is 3.46. The van der Waals surface area contributed by atoms with Crippen LogP contribution in [0.25, 0.3) is 0 Å². The Labute approximate surface area is 158 Å². The van der Waals surface area contributed by atoms with E-state index in [1.165, 1.54) is 0 Å². The zero-order valence-corrected chi connectivity index (χ0v) is 15.8. The molecule has 2 rings (SSSR count). The molecule has 27 heavy (non-hydrogen) atoms. The second-order valence-electron chi connectivity index (χ2n) is 7.37. The molecule has 0 unspecified atom stereocenters. The van der Waals surface area contributed by atoms with Crippen LogP contribution in [-0.4, -0.2) is 52.9 Å². The molecule has 1 saturated heterocycles. The molecule has 2 fully saturated rings. The first-order valence-corrected chi connectivity index (χ1v) is 9.27. The van der Waals surface area contributed by atoms with Crippen molar-refractivity contribution in [3.63, 3.8) is 0 Å². The van der Waals surface area contributed by atoms with Gasteiger partial charge in [-0.25, -0.2) is 4.79 Å². The minimum absolute atomic E-state index is 0.475. The van der Waals surface area contributed by atoms with Crippen LogP contribution in [0.1, 0.15) is 58.8 Å². The van der Waals surface area contributed by atoms with E-state index in [9.17, 15) is 24.4 Å². The summed E-state index contributed by atoms with van der Waals surface area (Å²) in [5.74, 6) is -1.90. The van der Waals surface area contributed by atoms with Gasteiger partial charge in [0.1, 0.15) is 17.6 Å². The van der Waals surface area contributed by atoms with Crippen LogP contribution in [0.2, 0.25) is 0 Å². The maximum Gasteiger partial charge on any atom is 0.326 e. The van der Waals surface area contributed by atoms with E-state index in [0.29, 0.717) is 19.3 Å². The monoisotopic (exact) mass is 378 g/mol. The third-order valence-electron chi connectivity index (χ3n) is 5.08. The van der Waals surface area contributed by atoms with Crippen molar-refractivity contribution in [1.82, 2.24) is 15.5 Å². The van der Waals surface area contributed by atoms with Gasteiger partial charge >= 0.3 is 12.0 Å². The second-order valence-corrected chi connectivity index (χ2v) is 7.37. The Bertz CT molecular complexity index is 665. The molecule has 9 heteroatoms. The van der Waals surface area contributed by atoms with Gasteiger partial charge in [0, 0.05) is 0 Å². The quantitative estimate of drug-likeness (QED) is 0.479. The number of amides is 4. The van der Waals surface area contributed by atoms with Crippen molar-refractivity contribution in [2.45, 2.75) is 69.9 Å². The van der Waals surface area contributed by atoms with Crippen LogP contribution < -0.4 is 10.6 Å². The van der Waals surface area contributed by atoms with Crippen LogP contribution in [0.5, 0.6) is 0 Å². The van der Waals surface area contributed by atoms with Crippen LogP contribution in [0.3, 0.4) is 0 Å². The Morgan fingerprint density at radius 2 is 2.00 bits per heavy atom. The molecule has 1 atom stereocenters. The van der Waals surface area contributed by atoms with E-state index in [1.54, 1.807) is 6.92 Å². The van der Waals surface area contributed by atoms with Crippen molar-refractivity contribution >= 4 is 23.8 Å². The Morgan fingerprint density at radius 3 is 2.59 bits per heavy atom. The number of urea groups is 1. The van der Waals surface area contributed by atoms with Crippen LogP contribution in [0.15, 0.2) is 0 Å². The maximum absolute atomic E-state index is 12.4. The third kappa shape index (κ3) is 4.76. The van der Waals surface area contributed by atoms with Gasteiger partial charge in [0.05, 0.1) is 6.07 Å². The number of hydrogen-bond donors (Lipinski definition) is 2. The van der Waals surface area contributed by atoms with Gasteiger partial charge < -0.3 is 15.4 Å². The normalized spacial score (nSPS) is 23.7. The number of carbonyl (C=O) groups excluding carboxylic acids is 4. The number of unbranched alkanes of at least 4 members (excludes halogenated alkanes) is 1. The Balaban J connectivity index is 1.83. The number of esters is 1.